The van der Waals surface area contributed by atoms with Crippen LogP contribution in [0.1, 0.15) is 17.4 Å². The second kappa shape index (κ2) is 4.60. The smallest absolute Gasteiger partial charge is 0.0636 e. The Morgan fingerprint density at radius 1 is 1.67 bits per heavy atom. The summed E-state index contributed by atoms with van der Waals surface area (Å²) in [6.07, 6.45) is -0.259. The summed E-state index contributed by atoms with van der Waals surface area (Å²) in [5, 5.41) is 14.3. The largest absolute Gasteiger partial charge is 0.392 e. The lowest BCUT2D eigenvalue weighted by atomic mass is 10.3. The fraction of sp³-hybridized carbons (Fsp3) is 0.556. The van der Waals surface area contributed by atoms with Crippen molar-refractivity contribution in [2.24, 2.45) is 0 Å². The van der Waals surface area contributed by atoms with E-state index in [1.54, 1.807) is 18.3 Å². The highest BCUT2D eigenvalue weighted by Crippen LogP contribution is 2.14. The first-order valence-corrected chi connectivity index (χ1v) is 5.00. The van der Waals surface area contributed by atoms with Gasteiger partial charge in [0.1, 0.15) is 0 Å². The van der Waals surface area contributed by atoms with Crippen LogP contribution in [0.4, 0.5) is 0 Å². The molecule has 0 amide bonds. The zero-order chi connectivity index (χ0) is 8.97. The Balaban J connectivity index is 2.29. The highest BCUT2D eigenvalue weighted by atomic mass is 32.1. The second-order valence-corrected chi connectivity index (χ2v) is 4.01. The molecule has 0 bridgehead atoms. The zero-order valence-corrected chi connectivity index (χ0v) is 8.32. The lowest BCUT2D eigenvalue weighted by Crippen LogP contribution is -2.23. The first kappa shape index (κ1) is 9.71. The van der Waals surface area contributed by atoms with Gasteiger partial charge in [0.2, 0.25) is 0 Å². The van der Waals surface area contributed by atoms with E-state index in [-0.39, 0.29) is 6.10 Å². The van der Waals surface area contributed by atoms with Crippen LogP contribution in [0.3, 0.4) is 0 Å². The van der Waals surface area contributed by atoms with Gasteiger partial charge in [-0.1, -0.05) is 0 Å². The van der Waals surface area contributed by atoms with E-state index in [0.29, 0.717) is 6.54 Å². The van der Waals surface area contributed by atoms with Gasteiger partial charge in [0.15, 0.2) is 0 Å². The standard InChI is InChI=1S/C9H15NOS/c1-7-3-4-12-9(7)6-10-5-8(2)11/h3-4,8,10-11H,5-6H2,1-2H3. The van der Waals surface area contributed by atoms with Crippen molar-refractivity contribution in [3.8, 4) is 0 Å². The number of thiophene rings is 1. The van der Waals surface area contributed by atoms with Crippen LogP contribution in [0, 0.1) is 6.92 Å². The molecule has 0 saturated heterocycles. The molecular formula is C9H15NOS. The van der Waals surface area contributed by atoms with Crippen molar-refractivity contribution in [1.82, 2.24) is 5.32 Å². The second-order valence-electron chi connectivity index (χ2n) is 3.01. The Bertz CT molecular complexity index is 232. The monoisotopic (exact) mass is 185 g/mol. The van der Waals surface area contributed by atoms with Crippen molar-refractivity contribution >= 4 is 11.3 Å². The molecule has 0 aliphatic rings. The van der Waals surface area contributed by atoms with Crippen LogP contribution >= 0.6 is 11.3 Å². The van der Waals surface area contributed by atoms with Crippen molar-refractivity contribution < 1.29 is 5.11 Å². The van der Waals surface area contributed by atoms with Gasteiger partial charge in [-0.3, -0.25) is 0 Å². The maximum absolute atomic E-state index is 8.99. The Morgan fingerprint density at radius 2 is 2.42 bits per heavy atom. The third kappa shape index (κ3) is 2.93. The van der Waals surface area contributed by atoms with E-state index in [0.717, 1.165) is 6.54 Å². The van der Waals surface area contributed by atoms with Gasteiger partial charge in [-0.05, 0) is 30.9 Å². The summed E-state index contributed by atoms with van der Waals surface area (Å²) in [6, 6.07) is 2.12. The van der Waals surface area contributed by atoms with Gasteiger partial charge >= 0.3 is 0 Å². The summed E-state index contributed by atoms with van der Waals surface area (Å²) >= 11 is 1.76. The molecule has 0 aromatic carbocycles. The molecule has 12 heavy (non-hydrogen) atoms. The molecule has 1 aromatic rings. The summed E-state index contributed by atoms with van der Waals surface area (Å²) in [4.78, 5) is 1.36. The molecule has 2 N–H and O–H groups in total. The van der Waals surface area contributed by atoms with Crippen molar-refractivity contribution in [3.05, 3.63) is 21.9 Å². The minimum atomic E-state index is -0.259. The van der Waals surface area contributed by atoms with Crippen LogP contribution in [0.2, 0.25) is 0 Å². The predicted molar refractivity (Wildman–Crippen MR) is 52.4 cm³/mol. The van der Waals surface area contributed by atoms with Crippen LogP contribution in [0.15, 0.2) is 11.4 Å². The summed E-state index contributed by atoms with van der Waals surface area (Å²) in [5.41, 5.74) is 1.33. The molecule has 0 fully saturated rings. The van der Waals surface area contributed by atoms with E-state index >= 15 is 0 Å². The molecule has 0 saturated carbocycles. The highest BCUT2D eigenvalue weighted by Gasteiger charge is 1.99. The Morgan fingerprint density at radius 3 is 2.92 bits per heavy atom. The van der Waals surface area contributed by atoms with Gasteiger partial charge < -0.3 is 10.4 Å². The molecule has 1 rings (SSSR count). The molecule has 0 radical (unpaired) electrons. The number of aliphatic hydroxyl groups excluding tert-OH is 1. The topological polar surface area (TPSA) is 32.3 Å². The quantitative estimate of drug-likeness (QED) is 0.745. The molecule has 3 heteroatoms. The van der Waals surface area contributed by atoms with Crippen LogP contribution in [0.5, 0.6) is 0 Å². The summed E-state index contributed by atoms with van der Waals surface area (Å²) in [6.45, 7) is 5.43. The van der Waals surface area contributed by atoms with Crippen molar-refractivity contribution in [3.63, 3.8) is 0 Å². The summed E-state index contributed by atoms with van der Waals surface area (Å²) < 4.78 is 0. The fourth-order valence-corrected chi connectivity index (χ4v) is 1.86. The van der Waals surface area contributed by atoms with Crippen LogP contribution in [0.25, 0.3) is 0 Å². The average molecular weight is 185 g/mol. The average Bonchev–Trinajstić information content (AvgIpc) is 2.36. The van der Waals surface area contributed by atoms with Crippen LogP contribution in [-0.2, 0) is 6.54 Å². The fourth-order valence-electron chi connectivity index (χ4n) is 0.980. The number of aryl methyl sites for hydroxylation is 1. The van der Waals surface area contributed by atoms with Gasteiger partial charge in [0.05, 0.1) is 6.10 Å². The summed E-state index contributed by atoms with van der Waals surface area (Å²) in [5.74, 6) is 0. The number of rotatable bonds is 4. The number of aliphatic hydroxyl groups is 1. The first-order valence-electron chi connectivity index (χ1n) is 4.12. The summed E-state index contributed by atoms with van der Waals surface area (Å²) in [7, 11) is 0. The minimum Gasteiger partial charge on any atom is -0.392 e. The van der Waals surface area contributed by atoms with E-state index in [4.69, 9.17) is 5.11 Å². The van der Waals surface area contributed by atoms with E-state index in [1.807, 2.05) is 0 Å². The minimum absolute atomic E-state index is 0.259. The van der Waals surface area contributed by atoms with E-state index in [2.05, 4.69) is 23.7 Å². The highest BCUT2D eigenvalue weighted by molar-refractivity contribution is 7.10. The van der Waals surface area contributed by atoms with Crippen molar-refractivity contribution in [2.75, 3.05) is 6.54 Å². The Hall–Kier alpha value is -0.380. The van der Waals surface area contributed by atoms with Crippen molar-refractivity contribution in [2.45, 2.75) is 26.5 Å². The molecule has 1 heterocycles. The maximum atomic E-state index is 8.99. The third-order valence-electron chi connectivity index (χ3n) is 1.69. The molecule has 2 nitrogen and oxygen atoms in total. The predicted octanol–water partition coefficient (Wildman–Crippen LogP) is 1.53. The molecular weight excluding hydrogens is 170 g/mol. The van der Waals surface area contributed by atoms with Gasteiger partial charge in [-0.25, -0.2) is 0 Å². The Kier molecular flexibility index (Phi) is 3.72. The number of hydrogen-bond acceptors (Lipinski definition) is 3. The lowest BCUT2D eigenvalue weighted by molar-refractivity contribution is 0.191. The molecule has 68 valence electrons. The first-order chi connectivity index (χ1) is 5.70. The lowest BCUT2D eigenvalue weighted by Gasteiger charge is -2.05. The van der Waals surface area contributed by atoms with Gasteiger partial charge in [-0.2, -0.15) is 0 Å². The molecule has 0 aliphatic carbocycles. The molecule has 0 aliphatic heterocycles. The molecule has 1 aromatic heterocycles. The normalized spacial score (nSPS) is 13.2. The van der Waals surface area contributed by atoms with Gasteiger partial charge in [0.25, 0.3) is 0 Å². The molecule has 0 spiro atoms. The number of hydrogen-bond donors (Lipinski definition) is 2. The van der Waals surface area contributed by atoms with Crippen LogP contribution in [-0.4, -0.2) is 17.8 Å². The van der Waals surface area contributed by atoms with E-state index in [1.165, 1.54) is 10.4 Å². The van der Waals surface area contributed by atoms with E-state index in [9.17, 15) is 0 Å². The molecule has 1 atom stereocenters. The van der Waals surface area contributed by atoms with Crippen molar-refractivity contribution in [1.29, 1.82) is 0 Å². The van der Waals surface area contributed by atoms with Crippen LogP contribution < -0.4 is 5.32 Å². The maximum Gasteiger partial charge on any atom is 0.0636 e. The Labute approximate surface area is 77.2 Å². The molecule has 1 unspecified atom stereocenters. The third-order valence-corrected chi connectivity index (χ3v) is 2.72. The van der Waals surface area contributed by atoms with Gasteiger partial charge in [0, 0.05) is 18.0 Å². The van der Waals surface area contributed by atoms with Gasteiger partial charge in [-0.15, -0.1) is 11.3 Å². The SMILES string of the molecule is Cc1ccsc1CNCC(C)O. The van der Waals surface area contributed by atoms with E-state index < -0.39 is 0 Å². The number of nitrogens with one attached hydrogen (secondary N) is 1. The zero-order valence-electron chi connectivity index (χ0n) is 7.50.